The highest BCUT2D eigenvalue weighted by atomic mass is 19.3. The maximum Gasteiger partial charge on any atom is 0.330 e. The normalized spacial score (nSPS) is 13.9. The second-order valence-corrected chi connectivity index (χ2v) is 4.47. The average molecular weight is 279 g/mol. The van der Waals surface area contributed by atoms with Crippen LogP contribution in [0.15, 0.2) is 18.2 Å². The van der Waals surface area contributed by atoms with E-state index in [4.69, 9.17) is 5.73 Å². The Morgan fingerprint density at radius 1 is 1.26 bits per heavy atom. The van der Waals surface area contributed by atoms with Gasteiger partial charge in [-0.1, -0.05) is 18.2 Å². The molecule has 1 rings (SSSR count). The van der Waals surface area contributed by atoms with Crippen LogP contribution in [-0.4, -0.2) is 25.6 Å². The topological polar surface area (TPSA) is 35.2 Å². The zero-order chi connectivity index (χ0) is 14.6. The van der Waals surface area contributed by atoms with E-state index >= 15 is 0 Å². The predicted octanol–water partition coefficient (Wildman–Crippen LogP) is 3.22. The number of hydrogen-bond donors (Lipinski definition) is 1. The molecule has 0 saturated heterocycles. The molecule has 0 aliphatic carbocycles. The Morgan fingerprint density at radius 2 is 1.89 bits per heavy atom. The lowest BCUT2D eigenvalue weighted by Gasteiger charge is -2.19. The summed E-state index contributed by atoms with van der Waals surface area (Å²) in [6.45, 7) is 2.20. The van der Waals surface area contributed by atoms with Crippen LogP contribution in [0, 0.1) is 13.8 Å². The Morgan fingerprint density at radius 3 is 2.47 bits per heavy atom. The molecule has 1 unspecified atom stereocenters. The van der Waals surface area contributed by atoms with Crippen LogP contribution in [0.1, 0.15) is 22.7 Å². The van der Waals surface area contributed by atoms with Crippen molar-refractivity contribution in [2.75, 3.05) is 13.2 Å². The van der Waals surface area contributed by atoms with Gasteiger partial charge in [-0.05, 0) is 30.5 Å². The number of rotatable bonds is 6. The molecule has 0 aliphatic rings. The van der Waals surface area contributed by atoms with Crippen LogP contribution >= 0.6 is 0 Å². The van der Waals surface area contributed by atoms with E-state index in [-0.39, 0.29) is 6.61 Å². The molecule has 19 heavy (non-hydrogen) atoms. The molecule has 0 saturated carbocycles. The molecule has 0 heterocycles. The Hall–Kier alpha value is -1.14. The van der Waals surface area contributed by atoms with Crippen molar-refractivity contribution in [2.45, 2.75) is 32.2 Å². The SMILES string of the molecule is Cc1cccc(C(N)COCC(F)(F)C(F)F)c1C. The van der Waals surface area contributed by atoms with Gasteiger partial charge in [0, 0.05) is 0 Å². The minimum absolute atomic E-state index is 0.230. The minimum atomic E-state index is -4.14. The highest BCUT2D eigenvalue weighted by Crippen LogP contribution is 2.24. The molecule has 108 valence electrons. The Bertz CT molecular complexity index is 423. The highest BCUT2D eigenvalue weighted by Gasteiger charge is 2.41. The van der Waals surface area contributed by atoms with Crippen molar-refractivity contribution in [1.29, 1.82) is 0 Å². The second kappa shape index (κ2) is 6.34. The van der Waals surface area contributed by atoms with Crippen molar-refractivity contribution in [2.24, 2.45) is 5.73 Å². The van der Waals surface area contributed by atoms with Crippen molar-refractivity contribution in [3.63, 3.8) is 0 Å². The van der Waals surface area contributed by atoms with Crippen molar-refractivity contribution < 1.29 is 22.3 Å². The Kier molecular flexibility index (Phi) is 5.31. The molecule has 0 aliphatic heterocycles. The van der Waals surface area contributed by atoms with Gasteiger partial charge in [0.25, 0.3) is 0 Å². The third-order valence-corrected chi connectivity index (χ3v) is 2.96. The van der Waals surface area contributed by atoms with Crippen LogP contribution in [0.5, 0.6) is 0 Å². The summed E-state index contributed by atoms with van der Waals surface area (Å²) in [6.07, 6.45) is -3.73. The molecule has 0 aromatic heterocycles. The van der Waals surface area contributed by atoms with Crippen LogP contribution in [0.3, 0.4) is 0 Å². The minimum Gasteiger partial charge on any atom is -0.373 e. The van der Waals surface area contributed by atoms with Gasteiger partial charge in [-0.15, -0.1) is 0 Å². The molecular weight excluding hydrogens is 262 g/mol. The molecule has 0 radical (unpaired) electrons. The third-order valence-electron chi connectivity index (χ3n) is 2.96. The summed E-state index contributed by atoms with van der Waals surface area (Å²) in [7, 11) is 0. The fourth-order valence-corrected chi connectivity index (χ4v) is 1.65. The Balaban J connectivity index is 2.57. The zero-order valence-corrected chi connectivity index (χ0v) is 10.8. The van der Waals surface area contributed by atoms with E-state index in [9.17, 15) is 17.6 Å². The number of ether oxygens (including phenoxy) is 1. The fourth-order valence-electron chi connectivity index (χ4n) is 1.65. The standard InChI is InChI=1S/C13H17F4NO/c1-8-4-3-5-10(9(8)2)11(18)6-19-7-13(16,17)12(14)15/h3-5,11-12H,6-7,18H2,1-2H3. The molecule has 1 atom stereocenters. The van der Waals surface area contributed by atoms with Crippen LogP contribution in [0.4, 0.5) is 17.6 Å². The predicted molar refractivity (Wildman–Crippen MR) is 64.6 cm³/mol. The number of nitrogens with two attached hydrogens (primary N) is 1. The third kappa shape index (κ3) is 4.18. The van der Waals surface area contributed by atoms with Gasteiger partial charge >= 0.3 is 12.3 Å². The van der Waals surface area contributed by atoms with Crippen molar-refractivity contribution in [3.05, 3.63) is 34.9 Å². The lowest BCUT2D eigenvalue weighted by atomic mass is 9.98. The molecule has 2 N–H and O–H groups in total. The maximum absolute atomic E-state index is 12.6. The van der Waals surface area contributed by atoms with E-state index in [0.29, 0.717) is 0 Å². The number of aryl methyl sites for hydroxylation is 1. The van der Waals surface area contributed by atoms with E-state index in [1.165, 1.54) is 0 Å². The van der Waals surface area contributed by atoms with Gasteiger partial charge in [0.1, 0.15) is 6.61 Å². The summed E-state index contributed by atoms with van der Waals surface area (Å²) in [4.78, 5) is 0. The van der Waals surface area contributed by atoms with Gasteiger partial charge in [0.2, 0.25) is 0 Å². The largest absolute Gasteiger partial charge is 0.373 e. The molecule has 0 bridgehead atoms. The van der Waals surface area contributed by atoms with Gasteiger partial charge in [0.05, 0.1) is 12.6 Å². The summed E-state index contributed by atoms with van der Waals surface area (Å²) in [5.74, 6) is -4.14. The molecule has 0 amide bonds. The van der Waals surface area contributed by atoms with Gasteiger partial charge in [-0.2, -0.15) is 8.78 Å². The van der Waals surface area contributed by atoms with E-state index in [0.717, 1.165) is 16.7 Å². The van der Waals surface area contributed by atoms with E-state index < -0.39 is 25.0 Å². The van der Waals surface area contributed by atoms with Crippen LogP contribution in [-0.2, 0) is 4.74 Å². The zero-order valence-electron chi connectivity index (χ0n) is 10.8. The molecule has 1 aromatic rings. The average Bonchev–Trinajstić information content (AvgIpc) is 2.32. The van der Waals surface area contributed by atoms with Gasteiger partial charge in [-0.3, -0.25) is 0 Å². The number of benzene rings is 1. The Labute approximate surface area is 109 Å². The molecular formula is C13H17F4NO. The van der Waals surface area contributed by atoms with Gasteiger partial charge in [-0.25, -0.2) is 8.78 Å². The highest BCUT2D eigenvalue weighted by molar-refractivity contribution is 5.35. The summed E-state index contributed by atoms with van der Waals surface area (Å²) in [5, 5.41) is 0. The van der Waals surface area contributed by atoms with E-state index in [1.807, 2.05) is 19.9 Å². The monoisotopic (exact) mass is 279 g/mol. The number of hydrogen-bond acceptors (Lipinski definition) is 2. The van der Waals surface area contributed by atoms with Gasteiger partial charge < -0.3 is 10.5 Å². The summed E-state index contributed by atoms with van der Waals surface area (Å²) in [6, 6.07) is 4.85. The maximum atomic E-state index is 12.6. The summed E-state index contributed by atoms with van der Waals surface area (Å²) < 4.78 is 53.7. The first-order chi connectivity index (χ1) is 8.75. The fraction of sp³-hybridized carbons (Fsp3) is 0.538. The second-order valence-electron chi connectivity index (χ2n) is 4.47. The van der Waals surface area contributed by atoms with Crippen molar-refractivity contribution in [3.8, 4) is 0 Å². The van der Waals surface area contributed by atoms with Crippen molar-refractivity contribution in [1.82, 2.24) is 0 Å². The first-order valence-corrected chi connectivity index (χ1v) is 5.81. The number of alkyl halides is 4. The lowest BCUT2D eigenvalue weighted by Crippen LogP contribution is -2.33. The molecule has 6 heteroatoms. The van der Waals surface area contributed by atoms with Crippen LogP contribution in [0.2, 0.25) is 0 Å². The van der Waals surface area contributed by atoms with E-state index in [1.54, 1.807) is 12.1 Å². The van der Waals surface area contributed by atoms with Crippen LogP contribution in [0.25, 0.3) is 0 Å². The van der Waals surface area contributed by atoms with Crippen molar-refractivity contribution >= 4 is 0 Å². The molecule has 2 nitrogen and oxygen atoms in total. The van der Waals surface area contributed by atoms with Crippen LogP contribution < -0.4 is 5.73 Å². The first kappa shape index (κ1) is 15.9. The molecule has 0 fully saturated rings. The quantitative estimate of drug-likeness (QED) is 0.811. The summed E-state index contributed by atoms with van der Waals surface area (Å²) in [5.41, 5.74) is 8.54. The summed E-state index contributed by atoms with van der Waals surface area (Å²) >= 11 is 0. The van der Waals surface area contributed by atoms with Gasteiger partial charge in [0.15, 0.2) is 0 Å². The molecule has 0 spiro atoms. The number of halogens is 4. The molecule has 1 aromatic carbocycles. The first-order valence-electron chi connectivity index (χ1n) is 5.81. The smallest absolute Gasteiger partial charge is 0.330 e. The lowest BCUT2D eigenvalue weighted by molar-refractivity contribution is -0.166. The van der Waals surface area contributed by atoms with E-state index in [2.05, 4.69) is 4.74 Å².